The molecule has 29 heavy (non-hydrogen) atoms. The Morgan fingerprint density at radius 3 is 2.17 bits per heavy atom. The van der Waals surface area contributed by atoms with Crippen LogP contribution < -0.4 is 10.8 Å². The lowest BCUT2D eigenvalue weighted by Gasteiger charge is -2.19. The highest BCUT2D eigenvalue weighted by atomic mass is 32.1. The Balaban J connectivity index is 1.48. The molecule has 0 aliphatic heterocycles. The molecule has 0 fully saturated rings. The largest absolute Gasteiger partial charge is 0.312 e. The highest BCUT2D eigenvalue weighted by Crippen LogP contribution is 2.27. The summed E-state index contributed by atoms with van der Waals surface area (Å²) in [6.07, 6.45) is 0. The fourth-order valence-corrected chi connectivity index (χ4v) is 4.46. The van der Waals surface area contributed by atoms with Crippen molar-refractivity contribution in [2.75, 3.05) is 6.54 Å². The molecule has 0 spiro atoms. The molecule has 4 nitrogen and oxygen atoms in total. The van der Waals surface area contributed by atoms with Crippen LogP contribution in [-0.2, 0) is 6.54 Å². The van der Waals surface area contributed by atoms with E-state index >= 15 is 0 Å². The van der Waals surface area contributed by atoms with E-state index < -0.39 is 5.91 Å². The number of nitrogens with one attached hydrogen (secondary N) is 2. The van der Waals surface area contributed by atoms with Gasteiger partial charge in [-0.15, -0.1) is 11.3 Å². The summed E-state index contributed by atoms with van der Waals surface area (Å²) in [6.45, 7) is 1.57. The lowest BCUT2D eigenvalue weighted by molar-refractivity contribution is 0.0711. The van der Waals surface area contributed by atoms with Gasteiger partial charge >= 0.3 is 0 Å². The van der Waals surface area contributed by atoms with E-state index in [9.17, 15) is 4.79 Å². The van der Waals surface area contributed by atoms with Gasteiger partial charge in [-0.3, -0.25) is 10.0 Å². The molecular weight excluding hydrogens is 380 g/mol. The summed E-state index contributed by atoms with van der Waals surface area (Å²) in [5.41, 5.74) is 5.43. The average Bonchev–Trinajstić information content (AvgIpc) is 3.21. The fraction of sp³-hybridized carbons (Fsp3) is 0.125. The molecule has 3 N–H and O–H groups in total. The summed E-state index contributed by atoms with van der Waals surface area (Å²) in [5, 5.41) is 13.4. The Morgan fingerprint density at radius 2 is 1.55 bits per heavy atom. The van der Waals surface area contributed by atoms with Crippen molar-refractivity contribution in [2.24, 2.45) is 0 Å². The number of fused-ring (bicyclic) bond motifs is 1. The molecule has 0 radical (unpaired) electrons. The second-order valence-corrected chi connectivity index (χ2v) is 8.01. The van der Waals surface area contributed by atoms with Gasteiger partial charge in [0.25, 0.3) is 5.91 Å². The third-order valence-electron chi connectivity index (χ3n) is 4.99. The van der Waals surface area contributed by atoms with Crippen molar-refractivity contribution < 1.29 is 10.0 Å². The summed E-state index contributed by atoms with van der Waals surface area (Å²) < 4.78 is 1.03. The van der Waals surface area contributed by atoms with Gasteiger partial charge in [-0.25, -0.2) is 5.48 Å². The average molecular weight is 403 g/mol. The highest BCUT2D eigenvalue weighted by molar-refractivity contribution is 7.20. The van der Waals surface area contributed by atoms with Crippen molar-refractivity contribution in [1.82, 2.24) is 10.8 Å². The van der Waals surface area contributed by atoms with E-state index in [4.69, 9.17) is 5.21 Å². The minimum absolute atomic E-state index is 0.280. The number of hydrogen-bond acceptors (Lipinski definition) is 4. The molecule has 1 amide bonds. The Hall–Kier alpha value is -2.99. The molecule has 0 saturated carbocycles. The quantitative estimate of drug-likeness (QED) is 0.303. The van der Waals surface area contributed by atoms with E-state index in [0.29, 0.717) is 4.88 Å². The van der Waals surface area contributed by atoms with E-state index in [1.807, 2.05) is 24.3 Å². The summed E-state index contributed by atoms with van der Waals surface area (Å²) in [5.74, 6) is -0.193. The van der Waals surface area contributed by atoms with Crippen molar-refractivity contribution in [1.29, 1.82) is 0 Å². The van der Waals surface area contributed by atoms with E-state index in [1.54, 1.807) is 5.48 Å². The van der Waals surface area contributed by atoms with Crippen molar-refractivity contribution in [3.63, 3.8) is 0 Å². The minimum atomic E-state index is -0.473. The first-order chi connectivity index (χ1) is 14.2. The second-order valence-electron chi connectivity index (χ2n) is 6.93. The summed E-state index contributed by atoms with van der Waals surface area (Å²) >= 11 is 1.37. The van der Waals surface area contributed by atoms with Crippen LogP contribution in [0.3, 0.4) is 0 Å². The van der Waals surface area contributed by atoms with Crippen LogP contribution in [0, 0.1) is 0 Å². The predicted octanol–water partition coefficient (Wildman–Crippen LogP) is 4.94. The van der Waals surface area contributed by atoms with Crippen LogP contribution in [0.25, 0.3) is 10.1 Å². The fourth-order valence-electron chi connectivity index (χ4n) is 3.53. The van der Waals surface area contributed by atoms with Gasteiger partial charge in [0.05, 0.1) is 4.88 Å². The van der Waals surface area contributed by atoms with Gasteiger partial charge in [-0.2, -0.15) is 0 Å². The van der Waals surface area contributed by atoms with Crippen molar-refractivity contribution in [3.05, 3.63) is 106 Å². The molecular formula is C24H22N2O2S. The zero-order chi connectivity index (χ0) is 20.1. The van der Waals surface area contributed by atoms with Crippen LogP contribution in [0.5, 0.6) is 0 Å². The van der Waals surface area contributed by atoms with Gasteiger partial charge in [0, 0.05) is 23.7 Å². The van der Waals surface area contributed by atoms with Crippen molar-refractivity contribution in [3.8, 4) is 0 Å². The molecule has 0 unspecified atom stereocenters. The number of carbonyl (C=O) groups is 1. The molecule has 4 aromatic rings. The first-order valence-electron chi connectivity index (χ1n) is 9.52. The van der Waals surface area contributed by atoms with Gasteiger partial charge in [0.2, 0.25) is 0 Å². The van der Waals surface area contributed by atoms with E-state index in [1.165, 1.54) is 22.5 Å². The van der Waals surface area contributed by atoms with Crippen LogP contribution in [0.15, 0.2) is 84.9 Å². The normalized spacial score (nSPS) is 11.1. The monoisotopic (exact) mass is 402 g/mol. The number of hydroxylamine groups is 1. The Labute approximate surface area is 173 Å². The number of benzene rings is 3. The molecule has 3 aromatic carbocycles. The molecule has 1 aromatic heterocycles. The number of thiophene rings is 1. The first kappa shape index (κ1) is 19.3. The van der Waals surface area contributed by atoms with Gasteiger partial charge < -0.3 is 5.32 Å². The highest BCUT2D eigenvalue weighted by Gasteiger charge is 2.14. The third kappa shape index (κ3) is 4.54. The Morgan fingerprint density at radius 1 is 0.897 bits per heavy atom. The zero-order valence-corrected chi connectivity index (χ0v) is 16.7. The molecule has 1 heterocycles. The Bertz CT molecular complexity index is 1050. The van der Waals surface area contributed by atoms with Crippen LogP contribution in [-0.4, -0.2) is 17.7 Å². The van der Waals surface area contributed by atoms with Crippen LogP contribution in [0.1, 0.15) is 32.3 Å². The van der Waals surface area contributed by atoms with Crippen LogP contribution in [0.2, 0.25) is 0 Å². The second kappa shape index (κ2) is 9.01. The summed E-state index contributed by atoms with van der Waals surface area (Å²) in [6, 6.07) is 29.1. The van der Waals surface area contributed by atoms with E-state index in [2.05, 4.69) is 66.0 Å². The number of carbonyl (C=O) groups excluding carboxylic acids is 1. The lowest BCUT2D eigenvalue weighted by atomic mass is 9.91. The smallest absolute Gasteiger partial charge is 0.284 e. The SMILES string of the molecule is O=C(NO)c1cc2cc(CNCC(c3ccccc3)c3ccccc3)ccc2s1. The molecule has 5 heteroatoms. The number of hydrogen-bond donors (Lipinski definition) is 3. The molecule has 0 aliphatic carbocycles. The third-order valence-corrected chi connectivity index (χ3v) is 6.10. The molecule has 0 bridgehead atoms. The first-order valence-corrected chi connectivity index (χ1v) is 10.3. The predicted molar refractivity (Wildman–Crippen MR) is 118 cm³/mol. The topological polar surface area (TPSA) is 61.4 Å². The van der Waals surface area contributed by atoms with E-state index in [0.717, 1.165) is 28.7 Å². The maximum atomic E-state index is 11.6. The van der Waals surface area contributed by atoms with Gasteiger partial charge in [-0.1, -0.05) is 66.7 Å². The van der Waals surface area contributed by atoms with Gasteiger partial charge in [-0.05, 0) is 40.3 Å². The number of rotatable bonds is 7. The molecule has 0 aliphatic rings. The van der Waals surface area contributed by atoms with Gasteiger partial charge in [0.1, 0.15) is 0 Å². The molecule has 4 rings (SSSR count). The zero-order valence-electron chi connectivity index (χ0n) is 15.8. The maximum absolute atomic E-state index is 11.6. The van der Waals surface area contributed by atoms with E-state index in [-0.39, 0.29) is 5.92 Å². The van der Waals surface area contributed by atoms with Crippen molar-refractivity contribution in [2.45, 2.75) is 12.5 Å². The lowest BCUT2D eigenvalue weighted by Crippen LogP contribution is -2.22. The molecule has 146 valence electrons. The Kier molecular flexibility index (Phi) is 6.00. The number of amides is 1. The standard InChI is InChI=1S/C24H22N2O2S/c27-24(26-28)23-14-20-13-17(11-12-22(20)29-23)15-25-16-21(18-7-3-1-4-8-18)19-9-5-2-6-10-19/h1-14,21,25,28H,15-16H2,(H,26,27). The molecule has 0 atom stereocenters. The van der Waals surface area contributed by atoms with Crippen molar-refractivity contribution >= 4 is 27.3 Å². The summed E-state index contributed by atoms with van der Waals surface area (Å²) in [7, 11) is 0. The van der Waals surface area contributed by atoms with Crippen LogP contribution >= 0.6 is 11.3 Å². The van der Waals surface area contributed by atoms with Gasteiger partial charge in [0.15, 0.2) is 0 Å². The molecule has 0 saturated heterocycles. The summed E-state index contributed by atoms with van der Waals surface area (Å²) in [4.78, 5) is 12.1. The minimum Gasteiger partial charge on any atom is -0.312 e. The van der Waals surface area contributed by atoms with Crippen LogP contribution in [0.4, 0.5) is 0 Å². The maximum Gasteiger partial charge on any atom is 0.284 e.